The molecule has 0 amide bonds. The maximum atomic E-state index is 5.93. The molecule has 0 heterocycles. The average Bonchev–Trinajstić information content (AvgIpc) is 2.01. The lowest BCUT2D eigenvalue weighted by molar-refractivity contribution is 0.517. The molecule has 84 valence electrons. The van der Waals surface area contributed by atoms with Crippen molar-refractivity contribution < 1.29 is 0 Å². The number of allylic oxidation sites excluding steroid dienone is 1. The molecule has 1 nitrogen and oxygen atoms in total. The summed E-state index contributed by atoms with van der Waals surface area (Å²) in [6.45, 7) is 13.7. The van der Waals surface area contributed by atoms with E-state index in [0.717, 1.165) is 24.6 Å². The van der Waals surface area contributed by atoms with Crippen LogP contribution >= 0.6 is 11.6 Å². The molecule has 0 saturated heterocycles. The van der Waals surface area contributed by atoms with Crippen molar-refractivity contribution in [3.05, 3.63) is 12.3 Å². The van der Waals surface area contributed by atoms with Crippen LogP contribution in [-0.4, -0.2) is 11.9 Å². The lowest BCUT2D eigenvalue weighted by atomic mass is 10.0. The van der Waals surface area contributed by atoms with Crippen LogP contribution in [0.2, 0.25) is 0 Å². The van der Waals surface area contributed by atoms with Crippen LogP contribution in [0.5, 0.6) is 0 Å². The molecule has 0 aromatic carbocycles. The van der Waals surface area contributed by atoms with Gasteiger partial charge in [0.05, 0.1) is 0 Å². The first-order valence-electron chi connectivity index (χ1n) is 5.50. The van der Waals surface area contributed by atoms with E-state index in [1.807, 2.05) is 6.92 Å². The van der Waals surface area contributed by atoms with Gasteiger partial charge in [0.25, 0.3) is 0 Å². The highest BCUT2D eigenvalue weighted by molar-refractivity contribution is 6.20. The number of rotatable bonds is 7. The Morgan fingerprint density at radius 1 is 1.29 bits per heavy atom. The summed E-state index contributed by atoms with van der Waals surface area (Å²) in [5.74, 6) is 1.22. The summed E-state index contributed by atoms with van der Waals surface area (Å²) < 4.78 is 0. The van der Waals surface area contributed by atoms with Crippen molar-refractivity contribution >= 4 is 11.6 Å². The molecule has 0 aliphatic carbocycles. The molecule has 0 bridgehead atoms. The van der Waals surface area contributed by atoms with E-state index < -0.39 is 0 Å². The fraction of sp³-hybridized carbons (Fsp3) is 0.833. The molecule has 14 heavy (non-hydrogen) atoms. The SMILES string of the molecule is C=C(NCCC(C)C)C(C)CC(C)Cl. The lowest BCUT2D eigenvalue weighted by Crippen LogP contribution is -2.21. The second kappa shape index (κ2) is 7.17. The van der Waals surface area contributed by atoms with Gasteiger partial charge >= 0.3 is 0 Å². The Morgan fingerprint density at radius 2 is 1.86 bits per heavy atom. The van der Waals surface area contributed by atoms with Crippen LogP contribution in [0.3, 0.4) is 0 Å². The second-order valence-corrected chi connectivity index (χ2v) is 5.30. The van der Waals surface area contributed by atoms with Crippen LogP contribution in [0.1, 0.15) is 40.5 Å². The van der Waals surface area contributed by atoms with Gasteiger partial charge in [0.2, 0.25) is 0 Å². The van der Waals surface area contributed by atoms with Gasteiger partial charge < -0.3 is 5.32 Å². The van der Waals surface area contributed by atoms with Gasteiger partial charge in [-0.3, -0.25) is 0 Å². The molecule has 2 heteroatoms. The topological polar surface area (TPSA) is 12.0 Å². The standard InChI is InChI=1S/C12H24ClN/c1-9(2)6-7-14-12(5)10(3)8-11(4)13/h9-11,14H,5-8H2,1-4H3. The van der Waals surface area contributed by atoms with Gasteiger partial charge in [-0.05, 0) is 31.6 Å². The molecule has 0 aromatic heterocycles. The number of alkyl halides is 1. The molecule has 0 spiro atoms. The zero-order chi connectivity index (χ0) is 11.1. The normalized spacial score (nSPS) is 15.3. The molecular formula is C12H24ClN. The molecule has 2 unspecified atom stereocenters. The number of hydrogen-bond acceptors (Lipinski definition) is 1. The summed E-state index contributed by atoms with van der Waals surface area (Å²) in [7, 11) is 0. The van der Waals surface area contributed by atoms with Crippen molar-refractivity contribution in [3.8, 4) is 0 Å². The van der Waals surface area contributed by atoms with Crippen LogP contribution in [-0.2, 0) is 0 Å². The molecule has 0 fully saturated rings. The van der Waals surface area contributed by atoms with E-state index in [1.165, 1.54) is 6.42 Å². The quantitative estimate of drug-likeness (QED) is 0.640. The molecular weight excluding hydrogens is 194 g/mol. The minimum absolute atomic E-state index is 0.230. The summed E-state index contributed by atoms with van der Waals surface area (Å²) in [4.78, 5) is 0. The van der Waals surface area contributed by atoms with Crippen LogP contribution in [0.15, 0.2) is 12.3 Å². The first-order chi connectivity index (χ1) is 6.43. The Bertz CT molecular complexity index is 164. The van der Waals surface area contributed by atoms with Crippen LogP contribution in [0.25, 0.3) is 0 Å². The van der Waals surface area contributed by atoms with E-state index in [1.54, 1.807) is 0 Å². The summed E-state index contributed by atoms with van der Waals surface area (Å²) in [5, 5.41) is 3.60. The molecule has 1 N–H and O–H groups in total. The summed E-state index contributed by atoms with van der Waals surface area (Å²) in [6, 6.07) is 0. The number of halogens is 1. The van der Waals surface area contributed by atoms with E-state index in [9.17, 15) is 0 Å². The van der Waals surface area contributed by atoms with Gasteiger partial charge in [0, 0.05) is 17.6 Å². The molecule has 0 saturated carbocycles. The third-order valence-corrected chi connectivity index (χ3v) is 2.53. The highest BCUT2D eigenvalue weighted by Gasteiger charge is 2.09. The fourth-order valence-electron chi connectivity index (χ4n) is 1.33. The Balaban J connectivity index is 3.62. The smallest absolute Gasteiger partial charge is 0.0314 e. The van der Waals surface area contributed by atoms with Gasteiger partial charge in [0.1, 0.15) is 0 Å². The first kappa shape index (κ1) is 13.8. The molecule has 0 aliphatic heterocycles. The van der Waals surface area contributed by atoms with Crippen molar-refractivity contribution in [2.75, 3.05) is 6.54 Å². The Kier molecular flexibility index (Phi) is 7.08. The van der Waals surface area contributed by atoms with E-state index >= 15 is 0 Å². The highest BCUT2D eigenvalue weighted by atomic mass is 35.5. The van der Waals surface area contributed by atoms with E-state index in [4.69, 9.17) is 11.6 Å². The molecule has 2 atom stereocenters. The predicted molar refractivity (Wildman–Crippen MR) is 65.7 cm³/mol. The fourth-order valence-corrected chi connectivity index (χ4v) is 1.59. The number of hydrogen-bond donors (Lipinski definition) is 1. The Labute approximate surface area is 93.9 Å². The average molecular weight is 218 g/mol. The minimum atomic E-state index is 0.230. The van der Waals surface area contributed by atoms with Crippen LogP contribution in [0.4, 0.5) is 0 Å². The van der Waals surface area contributed by atoms with Gasteiger partial charge in [-0.1, -0.05) is 27.4 Å². The summed E-state index contributed by atoms with van der Waals surface area (Å²) in [6.07, 6.45) is 2.19. The minimum Gasteiger partial charge on any atom is -0.389 e. The predicted octanol–water partition coefficient (Wildman–Crippen LogP) is 3.79. The third kappa shape index (κ3) is 7.25. The van der Waals surface area contributed by atoms with Gasteiger partial charge in [-0.25, -0.2) is 0 Å². The lowest BCUT2D eigenvalue weighted by Gasteiger charge is -2.18. The number of nitrogens with one attached hydrogen (secondary N) is 1. The van der Waals surface area contributed by atoms with Crippen molar-refractivity contribution in [1.82, 2.24) is 5.32 Å². The maximum absolute atomic E-state index is 5.93. The van der Waals surface area contributed by atoms with Gasteiger partial charge in [0.15, 0.2) is 0 Å². The largest absolute Gasteiger partial charge is 0.389 e. The Hall–Kier alpha value is -0.170. The maximum Gasteiger partial charge on any atom is 0.0314 e. The van der Waals surface area contributed by atoms with Gasteiger partial charge in [-0.2, -0.15) is 0 Å². The summed E-state index contributed by atoms with van der Waals surface area (Å²) in [5.41, 5.74) is 1.12. The van der Waals surface area contributed by atoms with Crippen molar-refractivity contribution in [2.24, 2.45) is 11.8 Å². The highest BCUT2D eigenvalue weighted by Crippen LogP contribution is 2.16. The molecule has 0 aliphatic rings. The van der Waals surface area contributed by atoms with Crippen molar-refractivity contribution in [3.63, 3.8) is 0 Å². The first-order valence-corrected chi connectivity index (χ1v) is 5.93. The zero-order valence-electron chi connectivity index (χ0n) is 9.94. The van der Waals surface area contributed by atoms with Crippen LogP contribution in [0, 0.1) is 11.8 Å². The van der Waals surface area contributed by atoms with Crippen LogP contribution < -0.4 is 5.32 Å². The molecule has 0 radical (unpaired) electrons. The van der Waals surface area contributed by atoms with E-state index in [-0.39, 0.29) is 5.38 Å². The summed E-state index contributed by atoms with van der Waals surface area (Å²) >= 11 is 5.93. The Morgan fingerprint density at radius 3 is 2.29 bits per heavy atom. The van der Waals surface area contributed by atoms with Crippen molar-refractivity contribution in [1.29, 1.82) is 0 Å². The monoisotopic (exact) mass is 217 g/mol. The van der Waals surface area contributed by atoms with Gasteiger partial charge in [-0.15, -0.1) is 11.6 Å². The molecule has 0 rings (SSSR count). The third-order valence-electron chi connectivity index (χ3n) is 2.35. The van der Waals surface area contributed by atoms with E-state index in [0.29, 0.717) is 5.92 Å². The second-order valence-electron chi connectivity index (χ2n) is 4.55. The zero-order valence-corrected chi connectivity index (χ0v) is 10.7. The van der Waals surface area contributed by atoms with E-state index in [2.05, 4.69) is 32.7 Å². The molecule has 0 aromatic rings. The van der Waals surface area contributed by atoms with Crippen molar-refractivity contribution in [2.45, 2.75) is 45.9 Å².